The molecular weight excluding hydrogens is 461 g/mol. The van der Waals surface area contributed by atoms with Crippen LogP contribution in [0.15, 0.2) is 78.9 Å². The Bertz CT molecular complexity index is 1380. The number of hydrogen-bond donors (Lipinski definition) is 1. The molecule has 190 valence electrons. The molecule has 1 amide bonds. The summed E-state index contributed by atoms with van der Waals surface area (Å²) in [6.45, 7) is 3.39. The summed E-state index contributed by atoms with van der Waals surface area (Å²) in [6, 6.07) is 26.2. The Balaban J connectivity index is 1.11. The van der Waals surface area contributed by atoms with Crippen molar-refractivity contribution in [2.24, 2.45) is 5.92 Å². The molecule has 0 saturated carbocycles. The van der Waals surface area contributed by atoms with Gasteiger partial charge in [-0.3, -0.25) is 9.69 Å². The highest BCUT2D eigenvalue weighted by Gasteiger charge is 2.29. The van der Waals surface area contributed by atoms with E-state index in [1.807, 2.05) is 12.1 Å². The Kier molecular flexibility index (Phi) is 6.79. The van der Waals surface area contributed by atoms with E-state index in [1.54, 1.807) is 0 Å². The molecule has 4 nitrogen and oxygen atoms in total. The van der Waals surface area contributed by atoms with Gasteiger partial charge in [-0.15, -0.1) is 0 Å². The quantitative estimate of drug-likeness (QED) is 0.344. The molecule has 1 fully saturated rings. The average molecular weight is 496 g/mol. The van der Waals surface area contributed by atoms with Crippen molar-refractivity contribution < 1.29 is 9.18 Å². The lowest BCUT2D eigenvalue weighted by Gasteiger charge is -2.33. The van der Waals surface area contributed by atoms with E-state index in [0.29, 0.717) is 6.54 Å². The summed E-state index contributed by atoms with van der Waals surface area (Å²) in [6.07, 6.45) is 5.04. The maximum atomic E-state index is 13.5. The maximum Gasteiger partial charge on any atom is 0.223 e. The molecule has 37 heavy (non-hydrogen) atoms. The van der Waals surface area contributed by atoms with E-state index in [-0.39, 0.29) is 23.7 Å². The summed E-state index contributed by atoms with van der Waals surface area (Å²) in [5.74, 6) is 0.0862. The molecule has 2 aliphatic rings. The molecule has 0 unspecified atom stereocenters. The predicted molar refractivity (Wildman–Crippen MR) is 146 cm³/mol. The second-order valence-corrected chi connectivity index (χ2v) is 10.6. The number of carbonyl (C=O) groups is 1. The first-order valence-electron chi connectivity index (χ1n) is 13.6. The first-order chi connectivity index (χ1) is 18.1. The standard InChI is InChI=1S/C32H34FN3O/c33-27-14-12-23(13-15-27)21-36-28(20-26-7-2-4-11-31(26)36)22-35-18-16-25(17-19-35)32(37)34-30-10-5-8-24-6-1-3-9-29(24)30/h1-4,6-7,9,11-15,20,25,30H,5,8,10,16-19,21-22H2,(H,34,37)/t30-/m1/s1. The number of rotatable bonds is 6. The van der Waals surface area contributed by atoms with Gasteiger partial charge in [0, 0.05) is 30.2 Å². The van der Waals surface area contributed by atoms with Gasteiger partial charge in [0.15, 0.2) is 0 Å². The second-order valence-electron chi connectivity index (χ2n) is 10.6. The number of halogens is 1. The summed E-state index contributed by atoms with van der Waals surface area (Å²) in [5.41, 5.74) is 6.22. The number of aryl methyl sites for hydroxylation is 1. The minimum absolute atomic E-state index is 0.0791. The fourth-order valence-electron chi connectivity index (χ4n) is 6.13. The summed E-state index contributed by atoms with van der Waals surface area (Å²) >= 11 is 0. The monoisotopic (exact) mass is 495 g/mol. The van der Waals surface area contributed by atoms with Gasteiger partial charge in [-0.25, -0.2) is 4.39 Å². The van der Waals surface area contributed by atoms with E-state index >= 15 is 0 Å². The van der Waals surface area contributed by atoms with Crippen LogP contribution in [0, 0.1) is 11.7 Å². The Morgan fingerprint density at radius 1 is 0.892 bits per heavy atom. The molecule has 1 aliphatic heterocycles. The van der Waals surface area contributed by atoms with Crippen molar-refractivity contribution in [3.63, 3.8) is 0 Å². The Morgan fingerprint density at radius 2 is 1.65 bits per heavy atom. The number of para-hydroxylation sites is 1. The van der Waals surface area contributed by atoms with E-state index in [9.17, 15) is 9.18 Å². The molecule has 4 aromatic rings. The van der Waals surface area contributed by atoms with Crippen molar-refractivity contribution in [1.82, 2.24) is 14.8 Å². The number of likely N-dealkylation sites (tertiary alicyclic amines) is 1. The number of amides is 1. The molecular formula is C32H34FN3O. The fourth-order valence-corrected chi connectivity index (χ4v) is 6.13. The van der Waals surface area contributed by atoms with Gasteiger partial charge in [0.2, 0.25) is 5.91 Å². The molecule has 0 radical (unpaired) electrons. The van der Waals surface area contributed by atoms with Crippen LogP contribution in [0.2, 0.25) is 0 Å². The lowest BCUT2D eigenvalue weighted by atomic mass is 9.87. The highest BCUT2D eigenvalue weighted by atomic mass is 19.1. The molecule has 1 aliphatic carbocycles. The van der Waals surface area contributed by atoms with Gasteiger partial charge in [-0.2, -0.15) is 0 Å². The van der Waals surface area contributed by atoms with Gasteiger partial charge in [-0.05, 0) is 91.5 Å². The van der Waals surface area contributed by atoms with Crippen LogP contribution in [0.5, 0.6) is 0 Å². The Morgan fingerprint density at radius 3 is 2.49 bits per heavy atom. The van der Waals surface area contributed by atoms with Crippen LogP contribution >= 0.6 is 0 Å². The first kappa shape index (κ1) is 23.9. The molecule has 0 spiro atoms. The zero-order chi connectivity index (χ0) is 25.2. The molecule has 0 bridgehead atoms. The van der Waals surface area contributed by atoms with Crippen LogP contribution in [0.25, 0.3) is 10.9 Å². The van der Waals surface area contributed by atoms with E-state index in [2.05, 4.69) is 69.4 Å². The minimum Gasteiger partial charge on any atom is -0.349 e. The van der Waals surface area contributed by atoms with Crippen LogP contribution in [0.3, 0.4) is 0 Å². The number of aromatic nitrogens is 1. The SMILES string of the molecule is O=C(N[C@@H]1CCCc2ccccc21)C1CCN(Cc2cc3ccccc3n2Cc2ccc(F)cc2)CC1. The molecule has 1 saturated heterocycles. The lowest BCUT2D eigenvalue weighted by molar-refractivity contribution is -0.127. The topological polar surface area (TPSA) is 37.3 Å². The van der Waals surface area contributed by atoms with Crippen molar-refractivity contribution in [1.29, 1.82) is 0 Å². The number of piperidine rings is 1. The van der Waals surface area contributed by atoms with Gasteiger partial charge >= 0.3 is 0 Å². The van der Waals surface area contributed by atoms with Crippen molar-refractivity contribution >= 4 is 16.8 Å². The Hall–Kier alpha value is -3.44. The van der Waals surface area contributed by atoms with Gasteiger partial charge in [0.1, 0.15) is 5.82 Å². The highest BCUT2D eigenvalue weighted by molar-refractivity contribution is 5.81. The van der Waals surface area contributed by atoms with Crippen LogP contribution in [0.4, 0.5) is 4.39 Å². The van der Waals surface area contributed by atoms with E-state index in [0.717, 1.165) is 57.3 Å². The number of nitrogens with zero attached hydrogens (tertiary/aromatic N) is 2. The second kappa shape index (κ2) is 10.5. The van der Waals surface area contributed by atoms with E-state index in [4.69, 9.17) is 0 Å². The highest BCUT2D eigenvalue weighted by Crippen LogP contribution is 2.31. The first-order valence-corrected chi connectivity index (χ1v) is 13.6. The lowest BCUT2D eigenvalue weighted by Crippen LogP contribution is -2.42. The average Bonchev–Trinajstić information content (AvgIpc) is 3.27. The predicted octanol–water partition coefficient (Wildman–Crippen LogP) is 6.23. The molecule has 2 heterocycles. The van der Waals surface area contributed by atoms with Crippen LogP contribution < -0.4 is 5.32 Å². The largest absolute Gasteiger partial charge is 0.349 e. The number of carbonyl (C=O) groups excluding carboxylic acids is 1. The van der Waals surface area contributed by atoms with Crippen molar-refractivity contribution in [3.05, 3.63) is 107 Å². The number of nitrogens with one attached hydrogen (secondary N) is 1. The number of fused-ring (bicyclic) bond motifs is 2. The molecule has 1 aromatic heterocycles. The molecule has 6 rings (SSSR count). The molecule has 3 aromatic carbocycles. The third-order valence-corrected chi connectivity index (χ3v) is 8.18. The van der Waals surface area contributed by atoms with Gasteiger partial charge < -0.3 is 9.88 Å². The summed E-state index contributed by atoms with van der Waals surface area (Å²) in [4.78, 5) is 15.6. The normalized spacial score (nSPS) is 18.6. The third kappa shape index (κ3) is 5.19. The van der Waals surface area contributed by atoms with Crippen LogP contribution in [-0.2, 0) is 24.3 Å². The fraction of sp³-hybridized carbons (Fsp3) is 0.344. The summed E-state index contributed by atoms with van der Waals surface area (Å²) in [7, 11) is 0. The third-order valence-electron chi connectivity index (χ3n) is 8.18. The smallest absolute Gasteiger partial charge is 0.223 e. The van der Waals surface area contributed by atoms with E-state index < -0.39 is 0 Å². The van der Waals surface area contributed by atoms with Crippen molar-refractivity contribution in [3.8, 4) is 0 Å². The van der Waals surface area contributed by atoms with Gasteiger partial charge in [0.05, 0.1) is 6.04 Å². The minimum atomic E-state index is -0.207. The van der Waals surface area contributed by atoms with Crippen LogP contribution in [-0.4, -0.2) is 28.5 Å². The van der Waals surface area contributed by atoms with Gasteiger partial charge in [-0.1, -0.05) is 54.6 Å². The summed E-state index contributed by atoms with van der Waals surface area (Å²) < 4.78 is 15.8. The van der Waals surface area contributed by atoms with Crippen molar-refractivity contribution in [2.45, 2.75) is 51.2 Å². The zero-order valence-electron chi connectivity index (χ0n) is 21.2. The molecule has 1 N–H and O–H groups in total. The van der Waals surface area contributed by atoms with Crippen molar-refractivity contribution in [2.75, 3.05) is 13.1 Å². The number of hydrogen-bond acceptors (Lipinski definition) is 2. The van der Waals surface area contributed by atoms with Gasteiger partial charge in [0.25, 0.3) is 0 Å². The van der Waals surface area contributed by atoms with Crippen LogP contribution in [0.1, 0.15) is 54.1 Å². The van der Waals surface area contributed by atoms with E-state index in [1.165, 1.54) is 39.9 Å². The number of benzene rings is 3. The molecule has 5 heteroatoms. The summed E-state index contributed by atoms with van der Waals surface area (Å²) in [5, 5.41) is 4.60. The maximum absolute atomic E-state index is 13.5. The molecule has 1 atom stereocenters. The Labute approximate surface area is 218 Å². The zero-order valence-corrected chi connectivity index (χ0v) is 21.2.